The Bertz CT molecular complexity index is 810. The van der Waals surface area contributed by atoms with E-state index in [0.717, 1.165) is 42.6 Å². The highest BCUT2D eigenvalue weighted by molar-refractivity contribution is 5.65. The summed E-state index contributed by atoms with van der Waals surface area (Å²) in [5, 5.41) is 19.9. The van der Waals surface area contributed by atoms with E-state index in [4.69, 9.17) is 9.47 Å². The second-order valence-electron chi connectivity index (χ2n) is 8.61. The van der Waals surface area contributed by atoms with Crippen molar-refractivity contribution in [2.24, 2.45) is 11.3 Å². The Labute approximate surface area is 184 Å². The van der Waals surface area contributed by atoms with Crippen LogP contribution in [0.1, 0.15) is 36.8 Å². The first kappa shape index (κ1) is 23.1. The number of rotatable bonds is 10. The zero-order valence-corrected chi connectivity index (χ0v) is 18.2. The molecule has 6 heteroatoms. The molecule has 2 aromatic carbocycles. The summed E-state index contributed by atoms with van der Waals surface area (Å²) >= 11 is 0. The molecule has 31 heavy (non-hydrogen) atoms. The minimum atomic E-state index is -0.920. The maximum absolute atomic E-state index is 11.9. The standard InChI is InChI=1S/C25H33NO5/c1-30-23-11-9-20(10-12-23)15-26(24(28)29)16-22-8-5-13-25(14-22,18-27)19-31-17-21-6-3-2-4-7-21/h2-4,6-7,9-12,22,27H,5,8,13-19H2,1H3,(H,28,29). The van der Waals surface area contributed by atoms with Crippen molar-refractivity contribution in [2.75, 3.05) is 26.9 Å². The van der Waals surface area contributed by atoms with Crippen LogP contribution in [-0.2, 0) is 17.9 Å². The van der Waals surface area contributed by atoms with Gasteiger partial charge in [0, 0.05) is 18.5 Å². The second-order valence-corrected chi connectivity index (χ2v) is 8.61. The number of ether oxygens (including phenoxy) is 2. The van der Waals surface area contributed by atoms with Crippen LogP contribution in [0.25, 0.3) is 0 Å². The highest BCUT2D eigenvalue weighted by atomic mass is 16.5. The fraction of sp³-hybridized carbons (Fsp3) is 0.480. The Balaban J connectivity index is 1.57. The van der Waals surface area contributed by atoms with Gasteiger partial charge < -0.3 is 24.6 Å². The summed E-state index contributed by atoms with van der Waals surface area (Å²) < 4.78 is 11.1. The first-order chi connectivity index (χ1) is 15.0. The van der Waals surface area contributed by atoms with Crippen molar-refractivity contribution in [3.05, 3.63) is 65.7 Å². The predicted molar refractivity (Wildman–Crippen MR) is 119 cm³/mol. The van der Waals surface area contributed by atoms with E-state index in [1.165, 1.54) is 4.90 Å². The van der Waals surface area contributed by atoms with Crippen molar-refractivity contribution >= 4 is 6.09 Å². The average molecular weight is 428 g/mol. The van der Waals surface area contributed by atoms with Gasteiger partial charge in [0.1, 0.15) is 5.75 Å². The molecule has 1 saturated carbocycles. The van der Waals surface area contributed by atoms with Crippen molar-refractivity contribution in [1.82, 2.24) is 4.90 Å². The van der Waals surface area contributed by atoms with Crippen LogP contribution in [0.15, 0.2) is 54.6 Å². The Morgan fingerprint density at radius 1 is 1.13 bits per heavy atom. The number of amides is 1. The van der Waals surface area contributed by atoms with E-state index in [1.54, 1.807) is 7.11 Å². The maximum atomic E-state index is 11.9. The van der Waals surface area contributed by atoms with Gasteiger partial charge in [0.2, 0.25) is 0 Å². The second kappa shape index (κ2) is 11.2. The van der Waals surface area contributed by atoms with Crippen molar-refractivity contribution in [3.63, 3.8) is 0 Å². The lowest BCUT2D eigenvalue weighted by molar-refractivity contribution is -0.0385. The normalized spacial score (nSPS) is 20.9. The minimum absolute atomic E-state index is 0.0594. The summed E-state index contributed by atoms with van der Waals surface area (Å²) in [5.41, 5.74) is 1.74. The number of hydrogen-bond donors (Lipinski definition) is 2. The average Bonchev–Trinajstić information content (AvgIpc) is 2.80. The van der Waals surface area contributed by atoms with Gasteiger partial charge in [0.25, 0.3) is 0 Å². The van der Waals surface area contributed by atoms with Gasteiger partial charge in [-0.25, -0.2) is 4.79 Å². The van der Waals surface area contributed by atoms with Gasteiger partial charge in [0.05, 0.1) is 26.9 Å². The number of nitrogens with zero attached hydrogens (tertiary/aromatic N) is 1. The van der Waals surface area contributed by atoms with Crippen LogP contribution in [0.5, 0.6) is 5.75 Å². The van der Waals surface area contributed by atoms with Crippen LogP contribution < -0.4 is 4.74 Å². The van der Waals surface area contributed by atoms with Gasteiger partial charge >= 0.3 is 6.09 Å². The molecule has 0 aliphatic heterocycles. The molecule has 0 saturated heterocycles. The molecule has 0 bridgehead atoms. The topological polar surface area (TPSA) is 79.2 Å². The van der Waals surface area contributed by atoms with E-state index in [1.807, 2.05) is 54.6 Å². The molecule has 1 amide bonds. The van der Waals surface area contributed by atoms with Crippen molar-refractivity contribution in [3.8, 4) is 5.75 Å². The summed E-state index contributed by atoms with van der Waals surface area (Å²) in [6.07, 6.45) is 2.68. The molecule has 1 aliphatic rings. The van der Waals surface area contributed by atoms with Crippen LogP contribution >= 0.6 is 0 Å². The largest absolute Gasteiger partial charge is 0.497 e. The summed E-state index contributed by atoms with van der Waals surface area (Å²) in [4.78, 5) is 13.4. The lowest BCUT2D eigenvalue weighted by atomic mass is 9.70. The first-order valence-electron chi connectivity index (χ1n) is 10.9. The van der Waals surface area contributed by atoms with E-state index >= 15 is 0 Å². The molecule has 1 aliphatic carbocycles. The van der Waals surface area contributed by atoms with Gasteiger partial charge in [-0.05, 0) is 48.4 Å². The van der Waals surface area contributed by atoms with E-state index in [-0.39, 0.29) is 17.9 Å². The highest BCUT2D eigenvalue weighted by Gasteiger charge is 2.37. The molecular weight excluding hydrogens is 394 g/mol. The molecular formula is C25H33NO5. The van der Waals surface area contributed by atoms with Crippen LogP contribution in [0.4, 0.5) is 4.79 Å². The lowest BCUT2D eigenvalue weighted by Crippen LogP contribution is -2.41. The van der Waals surface area contributed by atoms with Crippen molar-refractivity contribution < 1.29 is 24.5 Å². The summed E-state index contributed by atoms with van der Waals surface area (Å²) in [6, 6.07) is 17.5. The third-order valence-corrected chi connectivity index (χ3v) is 6.18. The van der Waals surface area contributed by atoms with Gasteiger partial charge in [-0.3, -0.25) is 0 Å². The molecule has 0 aromatic heterocycles. The molecule has 2 unspecified atom stereocenters. The third-order valence-electron chi connectivity index (χ3n) is 6.18. The number of aliphatic hydroxyl groups is 1. The smallest absolute Gasteiger partial charge is 0.407 e. The number of carbonyl (C=O) groups is 1. The molecule has 1 fully saturated rings. The van der Waals surface area contributed by atoms with Crippen molar-refractivity contribution in [1.29, 1.82) is 0 Å². The Morgan fingerprint density at radius 3 is 2.52 bits per heavy atom. The monoisotopic (exact) mass is 427 g/mol. The lowest BCUT2D eigenvalue weighted by Gasteiger charge is -2.40. The fourth-order valence-electron chi connectivity index (χ4n) is 4.49. The number of hydrogen-bond acceptors (Lipinski definition) is 4. The van der Waals surface area contributed by atoms with E-state index in [2.05, 4.69) is 0 Å². The summed E-state index contributed by atoms with van der Waals surface area (Å²) in [6.45, 7) is 1.87. The molecule has 2 aromatic rings. The Morgan fingerprint density at radius 2 is 1.87 bits per heavy atom. The van der Waals surface area contributed by atoms with E-state index < -0.39 is 6.09 Å². The summed E-state index contributed by atoms with van der Waals surface area (Å²) in [5.74, 6) is 0.955. The number of methoxy groups -OCH3 is 1. The van der Waals surface area contributed by atoms with E-state index in [9.17, 15) is 15.0 Å². The number of carboxylic acid groups (broad SMARTS) is 1. The van der Waals surface area contributed by atoms with Gasteiger partial charge in [-0.15, -0.1) is 0 Å². The van der Waals surface area contributed by atoms with Crippen LogP contribution in [-0.4, -0.2) is 48.1 Å². The van der Waals surface area contributed by atoms with Crippen LogP contribution in [0.3, 0.4) is 0 Å². The minimum Gasteiger partial charge on any atom is -0.497 e. The van der Waals surface area contributed by atoms with Crippen LogP contribution in [0, 0.1) is 11.3 Å². The third kappa shape index (κ3) is 6.71. The van der Waals surface area contributed by atoms with E-state index in [0.29, 0.717) is 26.3 Å². The molecule has 3 rings (SSSR count). The molecule has 0 radical (unpaired) electrons. The zero-order valence-electron chi connectivity index (χ0n) is 18.2. The Kier molecular flexibility index (Phi) is 8.32. The first-order valence-corrected chi connectivity index (χ1v) is 10.9. The predicted octanol–water partition coefficient (Wildman–Crippen LogP) is 4.56. The van der Waals surface area contributed by atoms with Crippen molar-refractivity contribution in [2.45, 2.75) is 38.8 Å². The molecule has 2 N–H and O–H groups in total. The van der Waals surface area contributed by atoms with Gasteiger partial charge in [-0.1, -0.05) is 48.9 Å². The zero-order chi connectivity index (χ0) is 22.1. The Hall–Kier alpha value is -2.57. The fourth-order valence-corrected chi connectivity index (χ4v) is 4.49. The van der Waals surface area contributed by atoms with Gasteiger partial charge in [-0.2, -0.15) is 0 Å². The highest BCUT2D eigenvalue weighted by Crippen LogP contribution is 2.40. The molecule has 0 heterocycles. The molecule has 168 valence electrons. The molecule has 0 spiro atoms. The number of aliphatic hydroxyl groups excluding tert-OH is 1. The quantitative estimate of drug-likeness (QED) is 0.581. The van der Waals surface area contributed by atoms with Gasteiger partial charge in [0.15, 0.2) is 0 Å². The number of benzene rings is 2. The maximum Gasteiger partial charge on any atom is 0.407 e. The molecule has 2 atom stereocenters. The molecule has 6 nitrogen and oxygen atoms in total. The van der Waals surface area contributed by atoms with Crippen LogP contribution in [0.2, 0.25) is 0 Å². The summed E-state index contributed by atoms with van der Waals surface area (Å²) in [7, 11) is 1.61. The SMILES string of the molecule is COc1ccc(CN(CC2CCCC(CO)(COCc3ccccc3)C2)C(=O)O)cc1.